The molecule has 2 N–H and O–H groups in total. The highest BCUT2D eigenvalue weighted by Crippen LogP contribution is 2.09. The quantitative estimate of drug-likeness (QED) is 0.806. The van der Waals surface area contributed by atoms with Gasteiger partial charge >= 0.3 is 0 Å². The summed E-state index contributed by atoms with van der Waals surface area (Å²) >= 11 is 0. The Labute approximate surface area is 102 Å². The van der Waals surface area contributed by atoms with Crippen molar-refractivity contribution in [3.63, 3.8) is 0 Å². The maximum atomic E-state index is 11.8. The van der Waals surface area contributed by atoms with Crippen molar-refractivity contribution >= 4 is 5.91 Å². The first-order valence-corrected chi connectivity index (χ1v) is 6.23. The fourth-order valence-electron chi connectivity index (χ4n) is 2.10. The zero-order valence-electron chi connectivity index (χ0n) is 9.98. The molecular weight excluding hydrogens is 214 g/mol. The molecule has 0 bridgehead atoms. The Morgan fingerprint density at radius 2 is 2.53 bits per heavy atom. The van der Waals surface area contributed by atoms with Gasteiger partial charge in [0.25, 0.3) is 0 Å². The molecule has 1 aliphatic heterocycles. The van der Waals surface area contributed by atoms with Crippen LogP contribution in [0.15, 0.2) is 24.5 Å². The second-order valence-electron chi connectivity index (χ2n) is 4.45. The van der Waals surface area contributed by atoms with Gasteiger partial charge in [-0.3, -0.25) is 9.78 Å². The van der Waals surface area contributed by atoms with E-state index < -0.39 is 0 Å². The van der Waals surface area contributed by atoms with Crippen LogP contribution in [0.25, 0.3) is 0 Å². The Morgan fingerprint density at radius 1 is 1.59 bits per heavy atom. The largest absolute Gasteiger partial charge is 0.355 e. The van der Waals surface area contributed by atoms with Crippen LogP contribution in [-0.2, 0) is 11.2 Å². The lowest BCUT2D eigenvalue weighted by atomic mass is 9.99. The summed E-state index contributed by atoms with van der Waals surface area (Å²) in [6.07, 6.45) is 6.55. The third kappa shape index (κ3) is 3.82. The van der Waals surface area contributed by atoms with Crippen LogP contribution in [0.2, 0.25) is 0 Å². The molecule has 1 fully saturated rings. The van der Waals surface area contributed by atoms with E-state index in [2.05, 4.69) is 15.6 Å². The lowest BCUT2D eigenvalue weighted by Crippen LogP contribution is -2.41. The first kappa shape index (κ1) is 12.0. The molecule has 4 nitrogen and oxygen atoms in total. The molecule has 0 radical (unpaired) electrons. The highest BCUT2D eigenvalue weighted by Gasteiger charge is 2.19. The van der Waals surface area contributed by atoms with E-state index in [-0.39, 0.29) is 11.8 Å². The van der Waals surface area contributed by atoms with Crippen LogP contribution in [0.3, 0.4) is 0 Å². The molecule has 1 atom stereocenters. The van der Waals surface area contributed by atoms with Gasteiger partial charge in [-0.25, -0.2) is 0 Å². The van der Waals surface area contributed by atoms with Gasteiger partial charge in [0.2, 0.25) is 5.91 Å². The van der Waals surface area contributed by atoms with E-state index in [1.54, 1.807) is 6.20 Å². The SMILES string of the molecule is O=C(NCCc1cccnc1)C1CCCNC1. The predicted molar refractivity (Wildman–Crippen MR) is 66.5 cm³/mol. The standard InChI is InChI=1S/C13H19N3O/c17-13(12-4-2-7-15-10-12)16-8-5-11-3-1-6-14-9-11/h1,3,6,9,12,15H,2,4-5,7-8,10H2,(H,16,17). The Bertz CT molecular complexity index is 347. The van der Waals surface area contributed by atoms with Gasteiger partial charge in [-0.05, 0) is 37.4 Å². The molecular formula is C13H19N3O. The van der Waals surface area contributed by atoms with Crippen molar-refractivity contribution < 1.29 is 4.79 Å². The van der Waals surface area contributed by atoms with Gasteiger partial charge in [0.1, 0.15) is 0 Å². The normalized spacial score (nSPS) is 19.9. The van der Waals surface area contributed by atoms with Crippen molar-refractivity contribution in [2.24, 2.45) is 5.92 Å². The van der Waals surface area contributed by atoms with Gasteiger partial charge in [0, 0.05) is 25.5 Å². The van der Waals surface area contributed by atoms with E-state index in [0.29, 0.717) is 6.54 Å². The minimum absolute atomic E-state index is 0.151. The number of nitrogens with one attached hydrogen (secondary N) is 2. The zero-order chi connectivity index (χ0) is 11.9. The van der Waals surface area contributed by atoms with Gasteiger partial charge < -0.3 is 10.6 Å². The van der Waals surface area contributed by atoms with Gasteiger partial charge in [0.05, 0.1) is 5.92 Å². The molecule has 17 heavy (non-hydrogen) atoms. The smallest absolute Gasteiger partial charge is 0.224 e. The Balaban J connectivity index is 1.69. The lowest BCUT2D eigenvalue weighted by Gasteiger charge is -2.21. The molecule has 2 rings (SSSR count). The number of piperidine rings is 1. The summed E-state index contributed by atoms with van der Waals surface area (Å²) in [5.74, 6) is 0.332. The molecule has 0 saturated carbocycles. The molecule has 1 aromatic heterocycles. The lowest BCUT2D eigenvalue weighted by molar-refractivity contribution is -0.125. The van der Waals surface area contributed by atoms with Crippen LogP contribution in [0.5, 0.6) is 0 Å². The number of nitrogens with zero attached hydrogens (tertiary/aromatic N) is 1. The van der Waals surface area contributed by atoms with Crippen molar-refractivity contribution in [2.45, 2.75) is 19.3 Å². The van der Waals surface area contributed by atoms with E-state index in [0.717, 1.165) is 37.9 Å². The van der Waals surface area contributed by atoms with E-state index >= 15 is 0 Å². The first-order chi connectivity index (χ1) is 8.36. The molecule has 1 amide bonds. The minimum Gasteiger partial charge on any atom is -0.355 e. The van der Waals surface area contributed by atoms with Crippen molar-refractivity contribution in [3.05, 3.63) is 30.1 Å². The summed E-state index contributed by atoms with van der Waals surface area (Å²) in [6, 6.07) is 3.95. The summed E-state index contributed by atoms with van der Waals surface area (Å²) in [4.78, 5) is 15.9. The topological polar surface area (TPSA) is 54.0 Å². The van der Waals surface area contributed by atoms with Gasteiger partial charge in [-0.1, -0.05) is 6.07 Å². The third-order valence-corrected chi connectivity index (χ3v) is 3.10. The summed E-state index contributed by atoms with van der Waals surface area (Å²) in [5.41, 5.74) is 1.16. The van der Waals surface area contributed by atoms with Crippen LogP contribution in [0, 0.1) is 5.92 Å². The van der Waals surface area contributed by atoms with E-state index in [9.17, 15) is 4.79 Å². The molecule has 2 heterocycles. The highest BCUT2D eigenvalue weighted by atomic mass is 16.1. The molecule has 1 aromatic rings. The van der Waals surface area contributed by atoms with Crippen LogP contribution >= 0.6 is 0 Å². The molecule has 1 saturated heterocycles. The molecule has 1 unspecified atom stereocenters. The van der Waals surface area contributed by atoms with Crippen LogP contribution in [0.1, 0.15) is 18.4 Å². The van der Waals surface area contributed by atoms with Gasteiger partial charge in [-0.15, -0.1) is 0 Å². The number of pyridine rings is 1. The number of amides is 1. The minimum atomic E-state index is 0.151. The number of carbonyl (C=O) groups is 1. The highest BCUT2D eigenvalue weighted by molar-refractivity contribution is 5.78. The fraction of sp³-hybridized carbons (Fsp3) is 0.538. The summed E-state index contributed by atoms with van der Waals surface area (Å²) in [6.45, 7) is 2.55. The summed E-state index contributed by atoms with van der Waals surface area (Å²) in [5, 5.41) is 6.25. The van der Waals surface area contributed by atoms with Crippen LogP contribution in [-0.4, -0.2) is 30.5 Å². The van der Waals surface area contributed by atoms with Crippen molar-refractivity contribution in [1.29, 1.82) is 0 Å². The molecule has 0 spiro atoms. The second kappa shape index (κ2) is 6.35. The van der Waals surface area contributed by atoms with E-state index in [1.807, 2.05) is 18.3 Å². The van der Waals surface area contributed by atoms with Crippen molar-refractivity contribution in [2.75, 3.05) is 19.6 Å². The Morgan fingerprint density at radius 3 is 3.24 bits per heavy atom. The van der Waals surface area contributed by atoms with Crippen LogP contribution < -0.4 is 10.6 Å². The number of hydrogen-bond donors (Lipinski definition) is 2. The first-order valence-electron chi connectivity index (χ1n) is 6.23. The number of rotatable bonds is 4. The Kier molecular flexibility index (Phi) is 4.50. The molecule has 1 aliphatic rings. The molecule has 4 heteroatoms. The molecule has 0 aromatic carbocycles. The molecule has 92 valence electrons. The third-order valence-electron chi connectivity index (χ3n) is 3.10. The fourth-order valence-corrected chi connectivity index (χ4v) is 2.10. The summed E-state index contributed by atoms with van der Waals surface area (Å²) in [7, 11) is 0. The maximum absolute atomic E-state index is 11.8. The monoisotopic (exact) mass is 233 g/mol. The van der Waals surface area contributed by atoms with E-state index in [1.165, 1.54) is 0 Å². The zero-order valence-corrected chi connectivity index (χ0v) is 9.98. The summed E-state index contributed by atoms with van der Waals surface area (Å²) < 4.78 is 0. The van der Waals surface area contributed by atoms with Gasteiger partial charge in [-0.2, -0.15) is 0 Å². The van der Waals surface area contributed by atoms with Crippen molar-refractivity contribution in [3.8, 4) is 0 Å². The van der Waals surface area contributed by atoms with Crippen LogP contribution in [0.4, 0.5) is 0 Å². The maximum Gasteiger partial charge on any atom is 0.224 e. The average molecular weight is 233 g/mol. The predicted octanol–water partition coefficient (Wildman–Crippen LogP) is 0.740. The van der Waals surface area contributed by atoms with E-state index in [4.69, 9.17) is 0 Å². The Hall–Kier alpha value is -1.42. The number of carbonyl (C=O) groups excluding carboxylic acids is 1. The molecule has 0 aliphatic carbocycles. The average Bonchev–Trinajstić information content (AvgIpc) is 2.41. The number of hydrogen-bond acceptors (Lipinski definition) is 3. The van der Waals surface area contributed by atoms with Gasteiger partial charge in [0.15, 0.2) is 0 Å². The van der Waals surface area contributed by atoms with Crippen molar-refractivity contribution in [1.82, 2.24) is 15.6 Å². The number of aromatic nitrogens is 1. The second-order valence-corrected chi connectivity index (χ2v) is 4.45.